The molecule has 2 aliphatic heterocycles. The Morgan fingerprint density at radius 1 is 1.28 bits per heavy atom. The highest BCUT2D eigenvalue weighted by molar-refractivity contribution is 6.21. The third-order valence-electron chi connectivity index (χ3n) is 3.26. The van der Waals surface area contributed by atoms with E-state index in [1.807, 2.05) is 31.2 Å². The zero-order chi connectivity index (χ0) is 12.7. The van der Waals surface area contributed by atoms with Crippen molar-refractivity contribution < 1.29 is 9.59 Å². The van der Waals surface area contributed by atoms with Gasteiger partial charge < -0.3 is 0 Å². The fraction of sp³-hybridized carbons (Fsp3) is 0.308. The molecule has 5 heteroatoms. The lowest BCUT2D eigenvalue weighted by Crippen LogP contribution is -2.55. The first-order valence-corrected chi connectivity index (χ1v) is 5.90. The Morgan fingerprint density at radius 3 is 2.72 bits per heavy atom. The van der Waals surface area contributed by atoms with E-state index >= 15 is 0 Å². The highest BCUT2D eigenvalue weighted by Crippen LogP contribution is 2.24. The minimum Gasteiger partial charge on any atom is -0.295 e. The van der Waals surface area contributed by atoms with E-state index in [0.717, 1.165) is 11.1 Å². The molecule has 3 rings (SSSR count). The Balaban J connectivity index is 1.96. The van der Waals surface area contributed by atoms with Crippen molar-refractivity contribution >= 4 is 17.8 Å². The fourth-order valence-corrected chi connectivity index (χ4v) is 2.27. The number of amides is 2. The van der Waals surface area contributed by atoms with Crippen LogP contribution in [0.4, 0.5) is 0 Å². The summed E-state index contributed by atoms with van der Waals surface area (Å²) in [5.74, 6) is -0.824. The molecule has 2 heterocycles. The largest absolute Gasteiger partial charge is 0.295 e. The standard InChI is InChI=1S/C13H13N3O2/c1-8-2-4-9(5-3-8)10-11(17)15-13-14-6-7-16(13)12(10)18/h2-5,10H,6-7H2,1H3,(H,14,15,17). The SMILES string of the molecule is Cc1ccc(C2C(=O)NC3=NCCN3C2=O)cc1. The third-order valence-corrected chi connectivity index (χ3v) is 3.26. The van der Waals surface area contributed by atoms with Crippen molar-refractivity contribution in [3.8, 4) is 0 Å². The second kappa shape index (κ2) is 3.94. The van der Waals surface area contributed by atoms with Crippen molar-refractivity contribution in [1.82, 2.24) is 10.2 Å². The summed E-state index contributed by atoms with van der Waals surface area (Å²) in [7, 11) is 0. The van der Waals surface area contributed by atoms with Crippen LogP contribution in [0, 0.1) is 6.92 Å². The Labute approximate surface area is 105 Å². The number of hydrogen-bond acceptors (Lipinski definition) is 3. The van der Waals surface area contributed by atoms with Crippen molar-refractivity contribution in [2.75, 3.05) is 13.1 Å². The van der Waals surface area contributed by atoms with Gasteiger partial charge in [-0.05, 0) is 12.5 Å². The predicted octanol–water partition coefficient (Wildman–Crippen LogP) is 0.407. The number of rotatable bonds is 1. The van der Waals surface area contributed by atoms with Crippen molar-refractivity contribution in [1.29, 1.82) is 0 Å². The fourth-order valence-electron chi connectivity index (χ4n) is 2.27. The maximum absolute atomic E-state index is 12.3. The van der Waals surface area contributed by atoms with Crippen molar-refractivity contribution in [3.63, 3.8) is 0 Å². The minimum atomic E-state index is -0.748. The van der Waals surface area contributed by atoms with Gasteiger partial charge in [0.05, 0.1) is 6.54 Å². The molecule has 0 aromatic heterocycles. The molecule has 0 spiro atoms. The van der Waals surface area contributed by atoms with Crippen molar-refractivity contribution in [2.24, 2.45) is 4.99 Å². The number of hydrogen-bond donors (Lipinski definition) is 1. The molecule has 1 aromatic carbocycles. The van der Waals surface area contributed by atoms with E-state index in [9.17, 15) is 9.59 Å². The van der Waals surface area contributed by atoms with Crippen LogP contribution in [0.5, 0.6) is 0 Å². The quantitative estimate of drug-likeness (QED) is 0.726. The molecule has 18 heavy (non-hydrogen) atoms. The summed E-state index contributed by atoms with van der Waals surface area (Å²) >= 11 is 0. The number of nitrogens with one attached hydrogen (secondary N) is 1. The summed E-state index contributed by atoms with van der Waals surface area (Å²) < 4.78 is 0. The number of carbonyl (C=O) groups is 2. The van der Waals surface area contributed by atoms with Gasteiger partial charge in [0.2, 0.25) is 17.8 Å². The highest BCUT2D eigenvalue weighted by Gasteiger charge is 2.41. The van der Waals surface area contributed by atoms with Gasteiger partial charge >= 0.3 is 0 Å². The van der Waals surface area contributed by atoms with Crippen LogP contribution in [-0.4, -0.2) is 35.8 Å². The van der Waals surface area contributed by atoms with Gasteiger partial charge in [0.15, 0.2) is 0 Å². The Bertz CT molecular complexity index is 548. The van der Waals surface area contributed by atoms with Crippen LogP contribution in [0.3, 0.4) is 0 Å². The Hall–Kier alpha value is -2.17. The minimum absolute atomic E-state index is 0.182. The van der Waals surface area contributed by atoms with Gasteiger partial charge in [-0.3, -0.25) is 24.8 Å². The molecule has 92 valence electrons. The molecular formula is C13H13N3O2. The summed E-state index contributed by atoms with van der Waals surface area (Å²) in [5, 5.41) is 2.69. The van der Waals surface area contributed by atoms with E-state index in [2.05, 4.69) is 10.3 Å². The first-order valence-electron chi connectivity index (χ1n) is 5.90. The molecule has 1 N–H and O–H groups in total. The van der Waals surface area contributed by atoms with E-state index in [1.165, 1.54) is 0 Å². The second-order valence-electron chi connectivity index (χ2n) is 4.53. The first-order chi connectivity index (χ1) is 8.66. The lowest BCUT2D eigenvalue weighted by molar-refractivity contribution is -0.137. The molecule has 0 bridgehead atoms. The average Bonchev–Trinajstić information content (AvgIpc) is 2.80. The van der Waals surface area contributed by atoms with Gasteiger partial charge in [-0.15, -0.1) is 0 Å². The normalized spacial score (nSPS) is 22.6. The van der Waals surface area contributed by atoms with Crippen LogP contribution in [0.25, 0.3) is 0 Å². The smallest absolute Gasteiger partial charge is 0.246 e. The average molecular weight is 243 g/mol. The molecule has 0 aliphatic carbocycles. The summed E-state index contributed by atoms with van der Waals surface area (Å²) in [4.78, 5) is 29.9. The summed E-state index contributed by atoms with van der Waals surface area (Å²) in [6.45, 7) is 3.08. The highest BCUT2D eigenvalue weighted by atomic mass is 16.2. The molecule has 0 saturated carbocycles. The zero-order valence-corrected chi connectivity index (χ0v) is 10.0. The lowest BCUT2D eigenvalue weighted by Gasteiger charge is -2.29. The van der Waals surface area contributed by atoms with Gasteiger partial charge in [0.25, 0.3) is 0 Å². The molecular weight excluding hydrogens is 230 g/mol. The number of nitrogens with zero attached hydrogens (tertiary/aromatic N) is 2. The molecule has 1 fully saturated rings. The molecule has 5 nitrogen and oxygen atoms in total. The van der Waals surface area contributed by atoms with Crippen LogP contribution < -0.4 is 5.32 Å². The van der Waals surface area contributed by atoms with E-state index in [1.54, 1.807) is 4.90 Å². The van der Waals surface area contributed by atoms with Crippen LogP contribution in [0.15, 0.2) is 29.3 Å². The van der Waals surface area contributed by atoms with E-state index in [4.69, 9.17) is 0 Å². The van der Waals surface area contributed by atoms with E-state index in [0.29, 0.717) is 19.0 Å². The van der Waals surface area contributed by atoms with E-state index < -0.39 is 5.92 Å². The summed E-state index contributed by atoms with van der Waals surface area (Å²) in [6.07, 6.45) is 0. The van der Waals surface area contributed by atoms with Crippen LogP contribution in [0.2, 0.25) is 0 Å². The van der Waals surface area contributed by atoms with Crippen LogP contribution >= 0.6 is 0 Å². The Morgan fingerprint density at radius 2 is 2.00 bits per heavy atom. The van der Waals surface area contributed by atoms with Crippen LogP contribution in [-0.2, 0) is 9.59 Å². The lowest BCUT2D eigenvalue weighted by atomic mass is 9.94. The van der Waals surface area contributed by atoms with Gasteiger partial charge in [-0.25, -0.2) is 0 Å². The monoisotopic (exact) mass is 243 g/mol. The van der Waals surface area contributed by atoms with Crippen LogP contribution in [0.1, 0.15) is 17.0 Å². The zero-order valence-electron chi connectivity index (χ0n) is 10.0. The number of aliphatic imine (C=N–C) groups is 1. The maximum atomic E-state index is 12.3. The van der Waals surface area contributed by atoms with Crippen molar-refractivity contribution in [2.45, 2.75) is 12.8 Å². The molecule has 0 radical (unpaired) electrons. The molecule has 1 aromatic rings. The van der Waals surface area contributed by atoms with E-state index in [-0.39, 0.29) is 11.8 Å². The van der Waals surface area contributed by atoms with Gasteiger partial charge in [-0.2, -0.15) is 0 Å². The molecule has 1 saturated heterocycles. The molecule has 1 atom stereocenters. The second-order valence-corrected chi connectivity index (χ2v) is 4.53. The number of aryl methyl sites for hydroxylation is 1. The Kier molecular flexibility index (Phi) is 2.40. The maximum Gasteiger partial charge on any atom is 0.246 e. The summed E-state index contributed by atoms with van der Waals surface area (Å²) in [5.41, 5.74) is 1.83. The summed E-state index contributed by atoms with van der Waals surface area (Å²) in [6, 6.07) is 7.47. The topological polar surface area (TPSA) is 61.8 Å². The van der Waals surface area contributed by atoms with Gasteiger partial charge in [0.1, 0.15) is 5.92 Å². The van der Waals surface area contributed by atoms with Crippen molar-refractivity contribution in [3.05, 3.63) is 35.4 Å². The third kappa shape index (κ3) is 1.59. The molecule has 2 aliphatic rings. The number of guanidine groups is 1. The predicted molar refractivity (Wildman–Crippen MR) is 66.1 cm³/mol. The number of carbonyl (C=O) groups excluding carboxylic acids is 2. The first kappa shape index (κ1) is 11.0. The number of benzene rings is 1. The number of fused-ring (bicyclic) bond motifs is 1. The molecule has 1 unspecified atom stereocenters. The van der Waals surface area contributed by atoms with Gasteiger partial charge in [-0.1, -0.05) is 29.8 Å². The molecule has 2 amide bonds. The van der Waals surface area contributed by atoms with Gasteiger partial charge in [0, 0.05) is 6.54 Å².